The van der Waals surface area contributed by atoms with Gasteiger partial charge in [-0.05, 0) is 25.5 Å². The standard InChI is InChI=1S/C14H21NO2/c1-3-4-10-15-12(2)14(16)17-11-13-8-6-5-7-9-13/h5-9,12,15H,3-4,10-11H2,1-2H3. The molecule has 0 aromatic heterocycles. The van der Waals surface area contributed by atoms with E-state index in [4.69, 9.17) is 4.74 Å². The monoisotopic (exact) mass is 235 g/mol. The highest BCUT2D eigenvalue weighted by atomic mass is 16.5. The van der Waals surface area contributed by atoms with E-state index in [0.717, 1.165) is 24.9 Å². The number of nitrogens with one attached hydrogen (secondary N) is 1. The number of rotatable bonds is 7. The van der Waals surface area contributed by atoms with Crippen LogP contribution in [0.25, 0.3) is 0 Å². The molecule has 0 heterocycles. The molecule has 0 saturated heterocycles. The van der Waals surface area contributed by atoms with Crippen molar-refractivity contribution in [3.05, 3.63) is 35.9 Å². The summed E-state index contributed by atoms with van der Waals surface area (Å²) >= 11 is 0. The van der Waals surface area contributed by atoms with Gasteiger partial charge in [-0.3, -0.25) is 4.79 Å². The summed E-state index contributed by atoms with van der Waals surface area (Å²) in [5, 5.41) is 3.15. The van der Waals surface area contributed by atoms with Gasteiger partial charge in [-0.15, -0.1) is 0 Å². The highest BCUT2D eigenvalue weighted by molar-refractivity contribution is 5.75. The van der Waals surface area contributed by atoms with Crippen LogP contribution in [0.5, 0.6) is 0 Å². The van der Waals surface area contributed by atoms with Crippen LogP contribution in [-0.4, -0.2) is 18.6 Å². The van der Waals surface area contributed by atoms with Crippen LogP contribution < -0.4 is 5.32 Å². The third-order valence-electron chi connectivity index (χ3n) is 2.56. The molecule has 0 amide bonds. The lowest BCUT2D eigenvalue weighted by molar-refractivity contribution is -0.147. The van der Waals surface area contributed by atoms with Crippen molar-refractivity contribution in [3.63, 3.8) is 0 Å². The summed E-state index contributed by atoms with van der Waals surface area (Å²) in [6.45, 7) is 5.17. The highest BCUT2D eigenvalue weighted by Crippen LogP contribution is 2.01. The molecule has 0 aliphatic heterocycles. The molecule has 0 saturated carbocycles. The number of hydrogen-bond donors (Lipinski definition) is 1. The van der Waals surface area contributed by atoms with Crippen LogP contribution in [0, 0.1) is 0 Å². The average Bonchev–Trinajstić information content (AvgIpc) is 2.37. The second-order valence-corrected chi connectivity index (χ2v) is 4.12. The number of carbonyl (C=O) groups is 1. The van der Waals surface area contributed by atoms with Gasteiger partial charge in [-0.2, -0.15) is 0 Å². The second kappa shape index (κ2) is 7.85. The van der Waals surface area contributed by atoms with Crippen molar-refractivity contribution in [2.45, 2.75) is 39.3 Å². The molecule has 0 spiro atoms. The molecule has 17 heavy (non-hydrogen) atoms. The lowest BCUT2D eigenvalue weighted by Gasteiger charge is -2.12. The molecule has 3 nitrogen and oxygen atoms in total. The highest BCUT2D eigenvalue weighted by Gasteiger charge is 2.12. The zero-order chi connectivity index (χ0) is 12.5. The minimum absolute atomic E-state index is 0.190. The minimum Gasteiger partial charge on any atom is -0.460 e. The molecule has 0 aliphatic rings. The van der Waals surface area contributed by atoms with Gasteiger partial charge in [0.25, 0.3) is 0 Å². The SMILES string of the molecule is CCCCNC(C)C(=O)OCc1ccccc1. The van der Waals surface area contributed by atoms with Crippen LogP contribution in [0.3, 0.4) is 0 Å². The van der Waals surface area contributed by atoms with E-state index < -0.39 is 0 Å². The zero-order valence-corrected chi connectivity index (χ0v) is 10.6. The maximum atomic E-state index is 11.6. The lowest BCUT2D eigenvalue weighted by atomic mass is 10.2. The summed E-state index contributed by atoms with van der Waals surface area (Å²) in [6.07, 6.45) is 2.20. The third-order valence-corrected chi connectivity index (χ3v) is 2.56. The van der Waals surface area contributed by atoms with Gasteiger partial charge < -0.3 is 10.1 Å². The molecule has 1 atom stereocenters. The molecule has 94 valence electrons. The Balaban J connectivity index is 2.24. The van der Waals surface area contributed by atoms with Gasteiger partial charge in [-0.1, -0.05) is 43.7 Å². The number of ether oxygens (including phenoxy) is 1. The van der Waals surface area contributed by atoms with Crippen LogP contribution in [-0.2, 0) is 16.1 Å². The predicted molar refractivity (Wildman–Crippen MR) is 68.6 cm³/mol. The number of esters is 1. The third kappa shape index (κ3) is 5.50. The van der Waals surface area contributed by atoms with Crippen LogP contribution >= 0.6 is 0 Å². The Morgan fingerprint density at radius 3 is 2.71 bits per heavy atom. The summed E-state index contributed by atoms with van der Waals surface area (Å²) < 4.78 is 5.22. The van der Waals surface area contributed by atoms with Crippen molar-refractivity contribution in [1.29, 1.82) is 0 Å². The first-order valence-electron chi connectivity index (χ1n) is 6.18. The fourth-order valence-electron chi connectivity index (χ4n) is 1.43. The first kappa shape index (κ1) is 13.7. The topological polar surface area (TPSA) is 38.3 Å². The molecule has 0 radical (unpaired) electrons. The predicted octanol–water partition coefficient (Wildman–Crippen LogP) is 2.51. The van der Waals surface area contributed by atoms with Crippen LogP contribution in [0.4, 0.5) is 0 Å². The van der Waals surface area contributed by atoms with E-state index in [9.17, 15) is 4.79 Å². The number of unbranched alkanes of at least 4 members (excludes halogenated alkanes) is 1. The molecule has 1 N–H and O–H groups in total. The molecule has 0 bridgehead atoms. The Morgan fingerprint density at radius 2 is 2.06 bits per heavy atom. The van der Waals surface area contributed by atoms with Gasteiger partial charge >= 0.3 is 5.97 Å². The lowest BCUT2D eigenvalue weighted by Crippen LogP contribution is -2.35. The van der Waals surface area contributed by atoms with Crippen LogP contribution in [0.1, 0.15) is 32.3 Å². The van der Waals surface area contributed by atoms with E-state index in [2.05, 4.69) is 12.2 Å². The van der Waals surface area contributed by atoms with Gasteiger partial charge in [0.15, 0.2) is 0 Å². The van der Waals surface area contributed by atoms with Crippen molar-refractivity contribution < 1.29 is 9.53 Å². The summed E-state index contributed by atoms with van der Waals surface area (Å²) in [5.41, 5.74) is 1.02. The van der Waals surface area contributed by atoms with E-state index in [1.54, 1.807) is 0 Å². The fourth-order valence-corrected chi connectivity index (χ4v) is 1.43. The van der Waals surface area contributed by atoms with Crippen molar-refractivity contribution >= 4 is 5.97 Å². The molecule has 3 heteroatoms. The molecule has 1 unspecified atom stereocenters. The van der Waals surface area contributed by atoms with Gasteiger partial charge in [0.1, 0.15) is 12.6 Å². The maximum absolute atomic E-state index is 11.6. The smallest absolute Gasteiger partial charge is 0.323 e. The molecule has 0 fully saturated rings. The molecule has 1 aromatic carbocycles. The van der Waals surface area contributed by atoms with Gasteiger partial charge in [0.2, 0.25) is 0 Å². The molecule has 1 rings (SSSR count). The van der Waals surface area contributed by atoms with E-state index in [0.29, 0.717) is 6.61 Å². The molecular formula is C14H21NO2. The first-order chi connectivity index (χ1) is 8.24. The summed E-state index contributed by atoms with van der Waals surface area (Å²) in [7, 11) is 0. The van der Waals surface area contributed by atoms with Crippen molar-refractivity contribution in [1.82, 2.24) is 5.32 Å². The van der Waals surface area contributed by atoms with E-state index >= 15 is 0 Å². The zero-order valence-electron chi connectivity index (χ0n) is 10.6. The van der Waals surface area contributed by atoms with Gasteiger partial charge in [0.05, 0.1) is 0 Å². The normalized spacial score (nSPS) is 12.1. The van der Waals surface area contributed by atoms with Gasteiger partial charge in [-0.25, -0.2) is 0 Å². The Kier molecular flexibility index (Phi) is 6.33. The van der Waals surface area contributed by atoms with Crippen LogP contribution in [0.15, 0.2) is 30.3 Å². The van der Waals surface area contributed by atoms with E-state index in [1.807, 2.05) is 37.3 Å². The van der Waals surface area contributed by atoms with Crippen molar-refractivity contribution in [2.75, 3.05) is 6.54 Å². The Labute approximate surface area is 103 Å². The van der Waals surface area contributed by atoms with Gasteiger partial charge in [0, 0.05) is 0 Å². The number of carbonyl (C=O) groups excluding carboxylic acids is 1. The van der Waals surface area contributed by atoms with Crippen LogP contribution in [0.2, 0.25) is 0 Å². The quantitative estimate of drug-likeness (QED) is 0.583. The van der Waals surface area contributed by atoms with Crippen molar-refractivity contribution in [2.24, 2.45) is 0 Å². The Morgan fingerprint density at radius 1 is 1.35 bits per heavy atom. The maximum Gasteiger partial charge on any atom is 0.323 e. The molecular weight excluding hydrogens is 214 g/mol. The van der Waals surface area contributed by atoms with E-state index in [1.165, 1.54) is 0 Å². The Hall–Kier alpha value is -1.35. The first-order valence-corrected chi connectivity index (χ1v) is 6.18. The Bertz CT molecular complexity index is 324. The summed E-state index contributed by atoms with van der Waals surface area (Å²) in [5.74, 6) is -0.190. The minimum atomic E-state index is -0.231. The van der Waals surface area contributed by atoms with E-state index in [-0.39, 0.29) is 12.0 Å². The second-order valence-electron chi connectivity index (χ2n) is 4.12. The number of benzene rings is 1. The molecule has 0 aliphatic carbocycles. The average molecular weight is 235 g/mol. The summed E-state index contributed by atoms with van der Waals surface area (Å²) in [4.78, 5) is 11.6. The number of hydrogen-bond acceptors (Lipinski definition) is 3. The fraction of sp³-hybridized carbons (Fsp3) is 0.500. The largest absolute Gasteiger partial charge is 0.460 e. The molecule has 1 aromatic rings. The van der Waals surface area contributed by atoms with Crippen molar-refractivity contribution in [3.8, 4) is 0 Å². The summed E-state index contributed by atoms with van der Waals surface area (Å²) in [6, 6.07) is 9.48.